The molecule has 1 saturated heterocycles. The maximum atomic E-state index is 13.4. The third-order valence-corrected chi connectivity index (χ3v) is 5.49. The molecule has 1 fully saturated rings. The van der Waals surface area contributed by atoms with Crippen LogP contribution in [0, 0.1) is 19.7 Å². The number of nitrogens with one attached hydrogen (secondary N) is 3. The molecule has 1 aliphatic heterocycles. The van der Waals surface area contributed by atoms with Gasteiger partial charge in [-0.25, -0.2) is 4.39 Å². The largest absolute Gasteiger partial charge is 0.459 e. The lowest BCUT2D eigenvalue weighted by atomic mass is 10.0. The van der Waals surface area contributed by atoms with E-state index in [0.717, 1.165) is 55.1 Å². The van der Waals surface area contributed by atoms with Crippen LogP contribution in [0.15, 0.2) is 39.9 Å². The number of anilines is 1. The number of guanidine groups is 1. The lowest BCUT2D eigenvalue weighted by molar-refractivity contribution is 0.0925. The molecule has 0 radical (unpaired) electrons. The van der Waals surface area contributed by atoms with Crippen molar-refractivity contribution in [3.63, 3.8) is 0 Å². The van der Waals surface area contributed by atoms with Crippen molar-refractivity contribution >= 4 is 41.5 Å². The van der Waals surface area contributed by atoms with Crippen LogP contribution < -0.4 is 20.9 Å². The van der Waals surface area contributed by atoms with Gasteiger partial charge in [-0.2, -0.15) is 0 Å². The van der Waals surface area contributed by atoms with Crippen molar-refractivity contribution in [1.29, 1.82) is 0 Å². The van der Waals surface area contributed by atoms with Crippen LogP contribution in [0.1, 0.15) is 40.9 Å². The number of rotatable bonds is 7. The minimum Gasteiger partial charge on any atom is -0.459 e. The van der Waals surface area contributed by atoms with Crippen molar-refractivity contribution in [1.82, 2.24) is 16.0 Å². The zero-order valence-electron chi connectivity index (χ0n) is 18.9. The SMILES string of the molecule is CN=C(NCCCNC(=O)c1occc1C)NC1CCCN(c2ccc(F)cc2C)C1.I. The van der Waals surface area contributed by atoms with Gasteiger partial charge in [0.2, 0.25) is 0 Å². The Morgan fingerprint density at radius 1 is 1.22 bits per heavy atom. The number of benzene rings is 1. The van der Waals surface area contributed by atoms with Gasteiger partial charge in [-0.3, -0.25) is 9.79 Å². The summed E-state index contributed by atoms with van der Waals surface area (Å²) in [7, 11) is 1.75. The zero-order valence-corrected chi connectivity index (χ0v) is 21.2. The van der Waals surface area contributed by atoms with Gasteiger partial charge < -0.3 is 25.3 Å². The van der Waals surface area contributed by atoms with E-state index in [1.807, 2.05) is 19.9 Å². The zero-order chi connectivity index (χ0) is 22.2. The summed E-state index contributed by atoms with van der Waals surface area (Å²) in [6.07, 6.45) is 4.39. The van der Waals surface area contributed by atoms with Crippen LogP contribution in [0.2, 0.25) is 0 Å². The summed E-state index contributed by atoms with van der Waals surface area (Å²) in [5, 5.41) is 9.66. The molecule has 3 N–H and O–H groups in total. The minimum absolute atomic E-state index is 0. The Bertz CT molecular complexity index is 918. The molecule has 176 valence electrons. The molecule has 0 aliphatic carbocycles. The molecule has 2 heterocycles. The maximum absolute atomic E-state index is 13.4. The van der Waals surface area contributed by atoms with E-state index in [4.69, 9.17) is 4.42 Å². The predicted octanol–water partition coefficient (Wildman–Crippen LogP) is 3.61. The summed E-state index contributed by atoms with van der Waals surface area (Å²) in [4.78, 5) is 18.7. The lowest BCUT2D eigenvalue weighted by Gasteiger charge is -2.36. The highest BCUT2D eigenvalue weighted by atomic mass is 127. The molecule has 1 aromatic heterocycles. The Morgan fingerprint density at radius 3 is 2.69 bits per heavy atom. The fourth-order valence-corrected chi connectivity index (χ4v) is 3.86. The smallest absolute Gasteiger partial charge is 0.287 e. The summed E-state index contributed by atoms with van der Waals surface area (Å²) >= 11 is 0. The first-order valence-corrected chi connectivity index (χ1v) is 10.8. The van der Waals surface area contributed by atoms with Gasteiger partial charge in [0.05, 0.1) is 6.26 Å². The Balaban J connectivity index is 0.00000363. The highest BCUT2D eigenvalue weighted by Crippen LogP contribution is 2.24. The summed E-state index contributed by atoms with van der Waals surface area (Å²) < 4.78 is 18.6. The molecule has 2 aromatic rings. The Morgan fingerprint density at radius 2 is 2.00 bits per heavy atom. The highest BCUT2D eigenvalue weighted by Gasteiger charge is 2.22. The standard InChI is InChI=1S/C23H32FN5O2.HI/c1-16-9-13-31-21(16)22(30)26-10-5-11-27-23(25-3)28-19-6-4-12-29(15-19)20-8-7-18(24)14-17(20)2;/h7-9,13-14,19H,4-6,10-12,15H2,1-3H3,(H,26,30)(H2,25,27,28);1H. The molecular weight excluding hydrogens is 524 g/mol. The first kappa shape index (κ1) is 26.0. The van der Waals surface area contributed by atoms with Crippen molar-refractivity contribution in [2.24, 2.45) is 4.99 Å². The van der Waals surface area contributed by atoms with Crippen LogP contribution in [-0.4, -0.2) is 51.1 Å². The molecular formula is C23H33FIN5O2. The van der Waals surface area contributed by atoms with Crippen LogP contribution in [0.3, 0.4) is 0 Å². The highest BCUT2D eigenvalue weighted by molar-refractivity contribution is 14.0. The second-order valence-electron chi connectivity index (χ2n) is 7.90. The Kier molecular flexibility index (Phi) is 10.3. The third kappa shape index (κ3) is 7.11. The molecule has 1 aromatic carbocycles. The molecule has 7 nitrogen and oxygen atoms in total. The molecule has 3 rings (SSSR count). The van der Waals surface area contributed by atoms with E-state index in [2.05, 4.69) is 25.8 Å². The number of piperidine rings is 1. The van der Waals surface area contributed by atoms with E-state index in [1.165, 1.54) is 12.3 Å². The van der Waals surface area contributed by atoms with Crippen LogP contribution >= 0.6 is 24.0 Å². The van der Waals surface area contributed by atoms with E-state index in [9.17, 15) is 9.18 Å². The van der Waals surface area contributed by atoms with E-state index in [1.54, 1.807) is 19.2 Å². The van der Waals surface area contributed by atoms with Gasteiger partial charge in [-0.05, 0) is 62.9 Å². The van der Waals surface area contributed by atoms with Gasteiger partial charge in [0.1, 0.15) is 5.82 Å². The second kappa shape index (κ2) is 12.7. The van der Waals surface area contributed by atoms with Crippen molar-refractivity contribution in [2.75, 3.05) is 38.1 Å². The Labute approximate surface area is 206 Å². The average molecular weight is 557 g/mol. The molecule has 0 spiro atoms. The van der Waals surface area contributed by atoms with E-state index in [0.29, 0.717) is 18.8 Å². The summed E-state index contributed by atoms with van der Waals surface area (Å²) in [5.74, 6) is 0.718. The Hall–Kier alpha value is -2.30. The van der Waals surface area contributed by atoms with Gasteiger partial charge in [-0.1, -0.05) is 0 Å². The van der Waals surface area contributed by atoms with Gasteiger partial charge in [0, 0.05) is 50.5 Å². The molecule has 1 aliphatic rings. The maximum Gasteiger partial charge on any atom is 0.287 e. The minimum atomic E-state index is -0.201. The topological polar surface area (TPSA) is 81.9 Å². The number of furan rings is 1. The molecule has 1 atom stereocenters. The number of nitrogens with zero attached hydrogens (tertiary/aromatic N) is 2. The number of hydrogen-bond acceptors (Lipinski definition) is 4. The van der Waals surface area contributed by atoms with Gasteiger partial charge in [0.25, 0.3) is 5.91 Å². The quantitative estimate of drug-likeness (QED) is 0.210. The van der Waals surface area contributed by atoms with E-state index in [-0.39, 0.29) is 41.7 Å². The summed E-state index contributed by atoms with van der Waals surface area (Å²) in [6, 6.07) is 6.99. The predicted molar refractivity (Wildman–Crippen MR) is 137 cm³/mol. The number of amides is 1. The van der Waals surface area contributed by atoms with Crippen molar-refractivity contribution in [3.05, 3.63) is 53.2 Å². The third-order valence-electron chi connectivity index (χ3n) is 5.49. The summed E-state index contributed by atoms with van der Waals surface area (Å²) in [5.41, 5.74) is 2.87. The van der Waals surface area contributed by atoms with Gasteiger partial charge in [0.15, 0.2) is 11.7 Å². The second-order valence-corrected chi connectivity index (χ2v) is 7.90. The average Bonchev–Trinajstić information content (AvgIpc) is 3.18. The van der Waals surface area contributed by atoms with Gasteiger partial charge in [-0.15, -0.1) is 24.0 Å². The van der Waals surface area contributed by atoms with Crippen molar-refractivity contribution in [3.8, 4) is 0 Å². The fourth-order valence-electron chi connectivity index (χ4n) is 3.86. The van der Waals surface area contributed by atoms with Crippen LogP contribution in [0.5, 0.6) is 0 Å². The van der Waals surface area contributed by atoms with Crippen molar-refractivity contribution < 1.29 is 13.6 Å². The number of carbonyl (C=O) groups is 1. The van der Waals surface area contributed by atoms with E-state index < -0.39 is 0 Å². The van der Waals surface area contributed by atoms with Crippen LogP contribution in [0.4, 0.5) is 10.1 Å². The fraction of sp³-hybridized carbons (Fsp3) is 0.478. The van der Waals surface area contributed by atoms with Crippen molar-refractivity contribution in [2.45, 2.75) is 39.2 Å². The number of halogens is 2. The molecule has 0 bridgehead atoms. The summed E-state index contributed by atoms with van der Waals surface area (Å²) in [6.45, 7) is 6.83. The first-order chi connectivity index (χ1) is 15.0. The molecule has 1 amide bonds. The first-order valence-electron chi connectivity index (χ1n) is 10.8. The molecule has 0 saturated carbocycles. The molecule has 32 heavy (non-hydrogen) atoms. The normalized spacial score (nSPS) is 16.3. The number of aliphatic imine (C=N–C) groups is 1. The van der Waals surface area contributed by atoms with Gasteiger partial charge >= 0.3 is 0 Å². The molecule has 1 unspecified atom stereocenters. The number of aryl methyl sites for hydroxylation is 2. The monoisotopic (exact) mass is 557 g/mol. The van der Waals surface area contributed by atoms with Crippen LogP contribution in [0.25, 0.3) is 0 Å². The molecule has 9 heteroatoms. The van der Waals surface area contributed by atoms with Crippen LogP contribution in [-0.2, 0) is 0 Å². The lowest BCUT2D eigenvalue weighted by Crippen LogP contribution is -2.51. The van der Waals surface area contributed by atoms with E-state index >= 15 is 0 Å². The number of hydrogen-bond donors (Lipinski definition) is 3. The number of carbonyl (C=O) groups excluding carboxylic acids is 1.